The lowest BCUT2D eigenvalue weighted by Crippen LogP contribution is -2.56. The van der Waals surface area contributed by atoms with E-state index in [0.29, 0.717) is 18.1 Å². The Hall–Kier alpha value is -0.370. The highest BCUT2D eigenvalue weighted by Crippen LogP contribution is 2.57. The summed E-state index contributed by atoms with van der Waals surface area (Å²) in [6.45, 7) is 6.14. The largest absolute Gasteiger partial charge is 0.392 e. The van der Waals surface area contributed by atoms with Crippen molar-refractivity contribution >= 4 is 5.78 Å². The van der Waals surface area contributed by atoms with Gasteiger partial charge in [-0.2, -0.15) is 0 Å². The number of carbonyl (C=O) groups excluding carboxylic acids is 1. The molecule has 2 heteroatoms. The topological polar surface area (TPSA) is 37.3 Å². The van der Waals surface area contributed by atoms with E-state index >= 15 is 0 Å². The van der Waals surface area contributed by atoms with Gasteiger partial charge in [0.05, 0.1) is 6.10 Å². The van der Waals surface area contributed by atoms with Crippen LogP contribution in [-0.4, -0.2) is 17.0 Å². The summed E-state index contributed by atoms with van der Waals surface area (Å²) < 4.78 is 0. The first-order valence-electron chi connectivity index (χ1n) is 5.59. The number of ketones is 1. The molecule has 0 heterocycles. The number of aliphatic hydroxyl groups is 1. The first-order valence-corrected chi connectivity index (χ1v) is 5.59. The van der Waals surface area contributed by atoms with Gasteiger partial charge < -0.3 is 5.11 Å². The summed E-state index contributed by atoms with van der Waals surface area (Å²) in [5.74, 6) is 0.800. The number of aliphatic hydroxyl groups excluding tert-OH is 1. The number of Topliss-reactive ketones (excluding diaryl/α,β-unsaturated/α-hetero) is 1. The Kier molecular flexibility index (Phi) is 2.04. The molecule has 2 fully saturated rings. The number of hydrogen-bond donors (Lipinski definition) is 1. The zero-order valence-corrected chi connectivity index (χ0v) is 9.34. The lowest BCUT2D eigenvalue weighted by molar-refractivity contribution is -0.165. The summed E-state index contributed by atoms with van der Waals surface area (Å²) >= 11 is 0. The molecule has 0 bridgehead atoms. The smallest absolute Gasteiger partial charge is 0.138 e. The highest BCUT2D eigenvalue weighted by atomic mass is 16.3. The van der Waals surface area contributed by atoms with Gasteiger partial charge in [0, 0.05) is 11.8 Å². The molecular weight excluding hydrogens is 176 g/mol. The molecule has 14 heavy (non-hydrogen) atoms. The predicted octanol–water partition coefficient (Wildman–Crippen LogP) is 2.15. The van der Waals surface area contributed by atoms with E-state index < -0.39 is 0 Å². The van der Waals surface area contributed by atoms with Crippen molar-refractivity contribution in [1.82, 2.24) is 0 Å². The Morgan fingerprint density at radius 2 is 2.07 bits per heavy atom. The van der Waals surface area contributed by atoms with Crippen LogP contribution in [0.15, 0.2) is 0 Å². The molecule has 3 atom stereocenters. The second-order valence-electron chi connectivity index (χ2n) is 5.97. The summed E-state index contributed by atoms with van der Waals surface area (Å²) in [5.41, 5.74) is -0.129. The zero-order valence-electron chi connectivity index (χ0n) is 9.34. The Balaban J connectivity index is 2.15. The van der Waals surface area contributed by atoms with Gasteiger partial charge in [0.1, 0.15) is 5.78 Å². The fraction of sp³-hybridized carbons (Fsp3) is 0.917. The normalized spacial score (nSPS) is 46.4. The Bertz CT molecular complexity index is 269. The van der Waals surface area contributed by atoms with Crippen LogP contribution in [0, 0.1) is 16.7 Å². The Morgan fingerprint density at radius 1 is 1.43 bits per heavy atom. The van der Waals surface area contributed by atoms with Gasteiger partial charge in [-0.25, -0.2) is 0 Å². The molecule has 2 rings (SSSR count). The molecule has 0 saturated heterocycles. The van der Waals surface area contributed by atoms with E-state index in [9.17, 15) is 9.90 Å². The van der Waals surface area contributed by atoms with Crippen LogP contribution < -0.4 is 0 Å². The Morgan fingerprint density at radius 3 is 2.50 bits per heavy atom. The summed E-state index contributed by atoms with van der Waals surface area (Å²) in [6, 6.07) is 0. The SMILES string of the molecule is CC1CC2(CCC(=O)C(C)(C)C2)C1O. The number of hydrogen-bond acceptors (Lipinski definition) is 2. The van der Waals surface area contributed by atoms with Crippen molar-refractivity contribution < 1.29 is 9.90 Å². The average molecular weight is 196 g/mol. The third-order valence-corrected chi connectivity index (χ3v) is 4.29. The molecule has 0 amide bonds. The molecular formula is C12H20O2. The van der Waals surface area contributed by atoms with Gasteiger partial charge in [-0.15, -0.1) is 0 Å². The van der Waals surface area contributed by atoms with Crippen molar-refractivity contribution in [2.75, 3.05) is 0 Å². The minimum atomic E-state index is -0.209. The monoisotopic (exact) mass is 196 g/mol. The van der Waals surface area contributed by atoms with Crippen LogP contribution in [-0.2, 0) is 4.79 Å². The highest BCUT2D eigenvalue weighted by Gasteiger charge is 2.56. The molecule has 0 aromatic rings. The summed E-state index contributed by atoms with van der Waals surface area (Å²) in [6.07, 6.45) is 3.38. The maximum Gasteiger partial charge on any atom is 0.138 e. The molecule has 2 aliphatic carbocycles. The van der Waals surface area contributed by atoms with Crippen LogP contribution in [0.5, 0.6) is 0 Å². The molecule has 0 radical (unpaired) electrons. The highest BCUT2D eigenvalue weighted by molar-refractivity contribution is 5.85. The minimum Gasteiger partial charge on any atom is -0.392 e. The van der Waals surface area contributed by atoms with Gasteiger partial charge in [0.25, 0.3) is 0 Å². The van der Waals surface area contributed by atoms with Crippen molar-refractivity contribution in [3.05, 3.63) is 0 Å². The number of carbonyl (C=O) groups is 1. The van der Waals surface area contributed by atoms with E-state index in [0.717, 1.165) is 19.3 Å². The third-order valence-electron chi connectivity index (χ3n) is 4.29. The van der Waals surface area contributed by atoms with Crippen molar-refractivity contribution in [2.24, 2.45) is 16.7 Å². The molecule has 2 aliphatic rings. The fourth-order valence-electron chi connectivity index (χ4n) is 3.51. The van der Waals surface area contributed by atoms with E-state index in [2.05, 4.69) is 6.92 Å². The second kappa shape index (κ2) is 2.82. The van der Waals surface area contributed by atoms with Crippen molar-refractivity contribution in [3.63, 3.8) is 0 Å². The van der Waals surface area contributed by atoms with Crippen LogP contribution in [0.25, 0.3) is 0 Å². The summed E-state index contributed by atoms with van der Waals surface area (Å²) in [5, 5.41) is 10.00. The van der Waals surface area contributed by atoms with E-state index in [1.807, 2.05) is 13.8 Å². The van der Waals surface area contributed by atoms with Gasteiger partial charge >= 0.3 is 0 Å². The van der Waals surface area contributed by atoms with E-state index in [1.165, 1.54) is 0 Å². The van der Waals surface area contributed by atoms with Gasteiger partial charge in [-0.05, 0) is 30.6 Å². The first-order chi connectivity index (χ1) is 6.37. The maximum atomic E-state index is 11.7. The quantitative estimate of drug-likeness (QED) is 0.644. The van der Waals surface area contributed by atoms with E-state index in [-0.39, 0.29) is 16.9 Å². The predicted molar refractivity (Wildman–Crippen MR) is 54.9 cm³/mol. The second-order valence-corrected chi connectivity index (χ2v) is 5.97. The Labute approximate surface area is 85.7 Å². The first kappa shape index (κ1) is 10.2. The standard InChI is InChI=1S/C12H20O2/c1-8-6-12(10(8)14)5-4-9(13)11(2,3)7-12/h8,10,14H,4-7H2,1-3H3. The number of rotatable bonds is 0. The molecule has 0 aromatic heterocycles. The molecule has 1 N–H and O–H groups in total. The summed E-state index contributed by atoms with van der Waals surface area (Å²) in [4.78, 5) is 11.7. The van der Waals surface area contributed by atoms with Crippen LogP contribution in [0.2, 0.25) is 0 Å². The lowest BCUT2D eigenvalue weighted by Gasteiger charge is -2.56. The third kappa shape index (κ3) is 1.23. The van der Waals surface area contributed by atoms with Gasteiger partial charge in [-0.3, -0.25) is 4.79 Å². The van der Waals surface area contributed by atoms with Crippen LogP contribution in [0.1, 0.15) is 46.5 Å². The molecule has 0 aromatic carbocycles. The van der Waals surface area contributed by atoms with Crippen molar-refractivity contribution in [2.45, 2.75) is 52.6 Å². The maximum absolute atomic E-state index is 11.7. The molecule has 2 saturated carbocycles. The van der Waals surface area contributed by atoms with Crippen LogP contribution in [0.4, 0.5) is 0 Å². The van der Waals surface area contributed by atoms with Gasteiger partial charge in [0.15, 0.2) is 0 Å². The summed E-state index contributed by atoms with van der Waals surface area (Å²) in [7, 11) is 0. The fourth-order valence-corrected chi connectivity index (χ4v) is 3.51. The minimum absolute atomic E-state index is 0.0802. The molecule has 2 nitrogen and oxygen atoms in total. The van der Waals surface area contributed by atoms with E-state index in [1.54, 1.807) is 0 Å². The molecule has 3 unspecified atom stereocenters. The van der Waals surface area contributed by atoms with E-state index in [4.69, 9.17) is 0 Å². The zero-order chi connectivity index (χ0) is 10.6. The van der Waals surface area contributed by atoms with Crippen molar-refractivity contribution in [3.8, 4) is 0 Å². The molecule has 0 aliphatic heterocycles. The molecule has 1 spiro atoms. The van der Waals surface area contributed by atoms with Crippen LogP contribution in [0.3, 0.4) is 0 Å². The van der Waals surface area contributed by atoms with Gasteiger partial charge in [0.2, 0.25) is 0 Å². The molecule has 80 valence electrons. The average Bonchev–Trinajstić information content (AvgIpc) is 2.11. The van der Waals surface area contributed by atoms with Crippen LogP contribution >= 0.6 is 0 Å². The van der Waals surface area contributed by atoms with Crippen molar-refractivity contribution in [1.29, 1.82) is 0 Å². The lowest BCUT2D eigenvalue weighted by atomic mass is 9.49. The van der Waals surface area contributed by atoms with Gasteiger partial charge in [-0.1, -0.05) is 20.8 Å².